The lowest BCUT2D eigenvalue weighted by molar-refractivity contribution is -0.135. The maximum Gasteiger partial charge on any atom is 0.407 e. The number of alkyl carbamates (subject to hydrolysis) is 1. The van der Waals surface area contributed by atoms with E-state index in [0.29, 0.717) is 11.5 Å². The molecule has 0 saturated heterocycles. The quantitative estimate of drug-likeness (QED) is 0.821. The lowest BCUT2D eigenvalue weighted by Crippen LogP contribution is -2.29. The van der Waals surface area contributed by atoms with E-state index >= 15 is 0 Å². The van der Waals surface area contributed by atoms with Gasteiger partial charge in [0.15, 0.2) is 11.5 Å². The Morgan fingerprint density at radius 1 is 1.33 bits per heavy atom. The van der Waals surface area contributed by atoms with Gasteiger partial charge in [-0.05, 0) is 17.7 Å². The minimum absolute atomic E-state index is 0.0299. The maximum atomic E-state index is 11.1. The second-order valence-corrected chi connectivity index (χ2v) is 3.51. The molecule has 7 nitrogen and oxygen atoms in total. The number of hydrogen-bond donors (Lipinski definition) is 2. The monoisotopic (exact) mass is 253 g/mol. The topological polar surface area (TPSA) is 94.1 Å². The first-order valence-corrected chi connectivity index (χ1v) is 5.16. The molecule has 7 heteroatoms. The van der Waals surface area contributed by atoms with E-state index in [-0.39, 0.29) is 13.4 Å². The number of carbonyl (C=O) groups excluding carboxylic acids is 1. The van der Waals surface area contributed by atoms with Crippen molar-refractivity contribution >= 4 is 12.1 Å². The number of nitrogens with one attached hydrogen (secondary N) is 1. The van der Waals surface area contributed by atoms with Gasteiger partial charge in [0, 0.05) is 0 Å². The van der Waals surface area contributed by atoms with Crippen molar-refractivity contribution in [2.45, 2.75) is 6.61 Å². The van der Waals surface area contributed by atoms with Gasteiger partial charge in [-0.1, -0.05) is 6.07 Å². The summed E-state index contributed by atoms with van der Waals surface area (Å²) in [6.07, 6.45) is -0.782. The van der Waals surface area contributed by atoms with E-state index in [1.54, 1.807) is 18.2 Å². The summed E-state index contributed by atoms with van der Waals surface area (Å²) in [4.78, 5) is 21.3. The number of ether oxygens (including phenoxy) is 3. The number of rotatable bonds is 4. The van der Waals surface area contributed by atoms with Gasteiger partial charge in [0.05, 0.1) is 0 Å². The van der Waals surface area contributed by atoms with Crippen molar-refractivity contribution in [2.75, 3.05) is 13.3 Å². The molecule has 0 unspecified atom stereocenters. The predicted molar refractivity (Wildman–Crippen MR) is 58.4 cm³/mol. The molecule has 96 valence electrons. The molecule has 0 radical (unpaired) electrons. The van der Waals surface area contributed by atoms with Crippen LogP contribution in [0.3, 0.4) is 0 Å². The first kappa shape index (κ1) is 12.0. The number of carboxylic acid groups (broad SMARTS) is 1. The van der Waals surface area contributed by atoms with Crippen LogP contribution in [0, 0.1) is 0 Å². The summed E-state index contributed by atoms with van der Waals surface area (Å²) >= 11 is 0. The zero-order chi connectivity index (χ0) is 13.0. The summed E-state index contributed by atoms with van der Waals surface area (Å²) < 4.78 is 15.1. The van der Waals surface area contributed by atoms with Gasteiger partial charge in [0.2, 0.25) is 6.79 Å². The van der Waals surface area contributed by atoms with Crippen LogP contribution in [0.1, 0.15) is 5.56 Å². The van der Waals surface area contributed by atoms with E-state index in [1.807, 2.05) is 0 Å². The van der Waals surface area contributed by atoms with E-state index in [2.05, 4.69) is 5.32 Å². The fourth-order valence-corrected chi connectivity index (χ4v) is 1.38. The van der Waals surface area contributed by atoms with E-state index in [0.717, 1.165) is 5.56 Å². The predicted octanol–water partition coefficient (Wildman–Crippen LogP) is 0.726. The molecule has 0 atom stereocenters. The van der Waals surface area contributed by atoms with Crippen LogP contribution < -0.4 is 14.8 Å². The molecule has 18 heavy (non-hydrogen) atoms. The average molecular weight is 253 g/mol. The highest BCUT2D eigenvalue weighted by atomic mass is 16.7. The van der Waals surface area contributed by atoms with Gasteiger partial charge in [0.25, 0.3) is 0 Å². The zero-order valence-electron chi connectivity index (χ0n) is 9.34. The molecule has 1 aromatic rings. The standard InChI is InChI=1S/C11H11NO6/c13-10(14)4-12-11(15)16-5-7-1-2-8-9(3-7)18-6-17-8/h1-3H,4-6H2,(H,12,15)(H,13,14). The highest BCUT2D eigenvalue weighted by Gasteiger charge is 2.13. The third-order valence-corrected chi connectivity index (χ3v) is 2.19. The molecular formula is C11H11NO6. The summed E-state index contributed by atoms with van der Waals surface area (Å²) in [5.74, 6) is 0.117. The van der Waals surface area contributed by atoms with Gasteiger partial charge in [-0.3, -0.25) is 4.79 Å². The van der Waals surface area contributed by atoms with Crippen molar-refractivity contribution < 1.29 is 28.9 Å². The Morgan fingerprint density at radius 2 is 2.11 bits per heavy atom. The molecule has 1 aromatic carbocycles. The molecule has 0 fully saturated rings. The highest BCUT2D eigenvalue weighted by molar-refractivity contribution is 5.76. The fraction of sp³-hybridized carbons (Fsp3) is 0.273. The summed E-state index contributed by atoms with van der Waals surface area (Å²) in [5, 5.41) is 10.4. The molecule has 0 aromatic heterocycles. The first-order valence-electron chi connectivity index (χ1n) is 5.16. The molecule has 0 bridgehead atoms. The highest BCUT2D eigenvalue weighted by Crippen LogP contribution is 2.32. The zero-order valence-corrected chi connectivity index (χ0v) is 9.34. The smallest absolute Gasteiger partial charge is 0.407 e. The normalized spacial score (nSPS) is 12.0. The van der Waals surface area contributed by atoms with Crippen LogP contribution in [0.4, 0.5) is 4.79 Å². The Morgan fingerprint density at radius 3 is 2.89 bits per heavy atom. The van der Waals surface area contributed by atoms with Crippen molar-refractivity contribution in [3.63, 3.8) is 0 Å². The van der Waals surface area contributed by atoms with E-state index < -0.39 is 18.6 Å². The van der Waals surface area contributed by atoms with Gasteiger partial charge in [-0.2, -0.15) is 0 Å². The van der Waals surface area contributed by atoms with Gasteiger partial charge in [0.1, 0.15) is 13.2 Å². The molecule has 0 spiro atoms. The van der Waals surface area contributed by atoms with Crippen molar-refractivity contribution in [1.82, 2.24) is 5.32 Å². The summed E-state index contributed by atoms with van der Waals surface area (Å²) in [6, 6.07) is 5.15. The van der Waals surface area contributed by atoms with Crippen molar-refractivity contribution in [2.24, 2.45) is 0 Å². The molecule has 0 saturated carbocycles. The average Bonchev–Trinajstić information content (AvgIpc) is 2.81. The molecule has 0 aliphatic carbocycles. The van der Waals surface area contributed by atoms with Gasteiger partial charge in [-0.15, -0.1) is 0 Å². The number of fused-ring (bicyclic) bond motifs is 1. The molecular weight excluding hydrogens is 242 g/mol. The summed E-state index contributed by atoms with van der Waals surface area (Å²) in [5.41, 5.74) is 0.727. The van der Waals surface area contributed by atoms with Crippen LogP contribution in [0.25, 0.3) is 0 Å². The third-order valence-electron chi connectivity index (χ3n) is 2.19. The van der Waals surface area contributed by atoms with E-state index in [9.17, 15) is 9.59 Å². The lowest BCUT2D eigenvalue weighted by atomic mass is 10.2. The largest absolute Gasteiger partial charge is 0.480 e. The summed E-state index contributed by atoms with van der Waals surface area (Å²) in [6.45, 7) is -0.263. The van der Waals surface area contributed by atoms with Crippen LogP contribution in [0.5, 0.6) is 11.5 Å². The van der Waals surface area contributed by atoms with Gasteiger partial charge in [-0.25, -0.2) is 4.79 Å². The minimum atomic E-state index is -1.13. The molecule has 1 heterocycles. The minimum Gasteiger partial charge on any atom is -0.480 e. The fourth-order valence-electron chi connectivity index (χ4n) is 1.38. The third kappa shape index (κ3) is 3.03. The SMILES string of the molecule is O=C(O)CNC(=O)OCc1ccc2c(c1)OCO2. The summed E-state index contributed by atoms with van der Waals surface area (Å²) in [7, 11) is 0. The first-order chi connectivity index (χ1) is 8.65. The van der Waals surface area contributed by atoms with E-state index in [1.165, 1.54) is 0 Å². The Balaban J connectivity index is 1.83. The Kier molecular flexibility index (Phi) is 3.52. The molecule has 2 N–H and O–H groups in total. The van der Waals surface area contributed by atoms with E-state index in [4.69, 9.17) is 19.3 Å². The second kappa shape index (κ2) is 5.26. The van der Waals surface area contributed by atoms with Crippen molar-refractivity contribution in [3.8, 4) is 11.5 Å². The number of benzene rings is 1. The second-order valence-electron chi connectivity index (χ2n) is 3.51. The van der Waals surface area contributed by atoms with Crippen LogP contribution in [-0.2, 0) is 16.1 Å². The van der Waals surface area contributed by atoms with Gasteiger partial charge >= 0.3 is 12.1 Å². The Hall–Kier alpha value is -2.44. The van der Waals surface area contributed by atoms with Crippen LogP contribution in [-0.4, -0.2) is 30.5 Å². The number of hydrogen-bond acceptors (Lipinski definition) is 5. The van der Waals surface area contributed by atoms with Crippen LogP contribution in [0.2, 0.25) is 0 Å². The van der Waals surface area contributed by atoms with Crippen molar-refractivity contribution in [1.29, 1.82) is 0 Å². The molecule has 2 rings (SSSR count). The van der Waals surface area contributed by atoms with Crippen LogP contribution >= 0.6 is 0 Å². The van der Waals surface area contributed by atoms with Crippen LogP contribution in [0.15, 0.2) is 18.2 Å². The molecule has 1 amide bonds. The Labute approximate surface area is 102 Å². The Bertz CT molecular complexity index is 473. The maximum absolute atomic E-state index is 11.1. The molecule has 1 aliphatic heterocycles. The van der Waals surface area contributed by atoms with Crippen molar-refractivity contribution in [3.05, 3.63) is 23.8 Å². The number of carboxylic acids is 1. The lowest BCUT2D eigenvalue weighted by Gasteiger charge is -2.06. The number of amides is 1. The number of aliphatic carboxylic acids is 1. The van der Waals surface area contributed by atoms with Gasteiger partial charge < -0.3 is 24.6 Å². The molecule has 1 aliphatic rings. The number of carbonyl (C=O) groups is 2.